The highest BCUT2D eigenvalue weighted by Gasteiger charge is 2.15. The van der Waals surface area contributed by atoms with Crippen LogP contribution in [0.1, 0.15) is 5.56 Å². The van der Waals surface area contributed by atoms with E-state index < -0.39 is 9.05 Å². The van der Waals surface area contributed by atoms with Gasteiger partial charge in [0, 0.05) is 16.2 Å². The van der Waals surface area contributed by atoms with Crippen molar-refractivity contribution in [3.05, 3.63) is 11.6 Å². The standard InChI is InChI=1S/C6H7ClO3S2/c1-4-3-5(12(7,8)9)11-6(4)10-2/h3H,1-2H3. The molecule has 0 N–H and O–H groups in total. The van der Waals surface area contributed by atoms with Gasteiger partial charge in [0.05, 0.1) is 7.11 Å². The Balaban J connectivity index is 3.23. The Kier molecular flexibility index (Phi) is 2.65. The van der Waals surface area contributed by atoms with Crippen LogP contribution in [0.2, 0.25) is 0 Å². The van der Waals surface area contributed by atoms with Gasteiger partial charge < -0.3 is 4.74 Å². The van der Waals surface area contributed by atoms with Crippen LogP contribution in [0.25, 0.3) is 0 Å². The van der Waals surface area contributed by atoms with Gasteiger partial charge in [0.2, 0.25) is 0 Å². The van der Waals surface area contributed by atoms with Crippen LogP contribution in [0.4, 0.5) is 0 Å². The summed E-state index contributed by atoms with van der Waals surface area (Å²) in [5, 5.41) is 0.578. The van der Waals surface area contributed by atoms with E-state index in [2.05, 4.69) is 0 Å². The molecule has 0 atom stereocenters. The van der Waals surface area contributed by atoms with Crippen LogP contribution in [-0.4, -0.2) is 15.5 Å². The third-order valence-electron chi connectivity index (χ3n) is 1.28. The zero-order valence-electron chi connectivity index (χ0n) is 6.50. The molecule has 1 heterocycles. The largest absolute Gasteiger partial charge is 0.487 e. The SMILES string of the molecule is COc1sc(S(=O)(=O)Cl)cc1C. The number of rotatable bonds is 2. The summed E-state index contributed by atoms with van der Waals surface area (Å²) < 4.78 is 26.7. The highest BCUT2D eigenvalue weighted by molar-refractivity contribution is 8.15. The predicted molar refractivity (Wildman–Crippen MR) is 48.6 cm³/mol. The molecule has 0 spiro atoms. The maximum absolute atomic E-state index is 10.8. The van der Waals surface area contributed by atoms with Crippen LogP contribution in [0.15, 0.2) is 10.3 Å². The first kappa shape index (κ1) is 9.83. The molecule has 0 aliphatic carbocycles. The topological polar surface area (TPSA) is 43.4 Å². The fourth-order valence-electron chi connectivity index (χ4n) is 0.760. The molecule has 0 radical (unpaired) electrons. The molecule has 1 aromatic rings. The average molecular weight is 227 g/mol. The van der Waals surface area contributed by atoms with Crippen molar-refractivity contribution in [1.29, 1.82) is 0 Å². The Bertz CT molecular complexity index is 379. The summed E-state index contributed by atoms with van der Waals surface area (Å²) in [7, 11) is 3.01. The number of hydrogen-bond acceptors (Lipinski definition) is 4. The van der Waals surface area contributed by atoms with Gasteiger partial charge in [0.1, 0.15) is 4.21 Å². The maximum Gasteiger partial charge on any atom is 0.270 e. The molecule has 68 valence electrons. The van der Waals surface area contributed by atoms with E-state index in [1.165, 1.54) is 13.2 Å². The fourth-order valence-corrected chi connectivity index (χ4v) is 2.84. The van der Waals surface area contributed by atoms with Crippen LogP contribution in [0, 0.1) is 6.92 Å². The lowest BCUT2D eigenvalue weighted by atomic mass is 10.4. The minimum absolute atomic E-state index is 0.124. The Morgan fingerprint density at radius 2 is 2.17 bits per heavy atom. The summed E-state index contributed by atoms with van der Waals surface area (Å²) in [4.78, 5) is 0. The minimum atomic E-state index is -3.60. The summed E-state index contributed by atoms with van der Waals surface area (Å²) in [5.41, 5.74) is 0.779. The van der Waals surface area contributed by atoms with Crippen molar-refractivity contribution in [3.63, 3.8) is 0 Å². The van der Waals surface area contributed by atoms with Gasteiger partial charge in [-0.2, -0.15) is 0 Å². The first-order chi connectivity index (χ1) is 5.45. The first-order valence-corrected chi connectivity index (χ1v) is 6.17. The lowest BCUT2D eigenvalue weighted by molar-refractivity contribution is 0.424. The zero-order chi connectivity index (χ0) is 9.35. The van der Waals surface area contributed by atoms with Crippen molar-refractivity contribution in [1.82, 2.24) is 0 Å². The third kappa shape index (κ3) is 1.91. The van der Waals surface area contributed by atoms with Crippen LogP contribution in [0.5, 0.6) is 5.06 Å². The summed E-state index contributed by atoms with van der Waals surface area (Å²) in [6, 6.07) is 1.49. The van der Waals surface area contributed by atoms with Crippen molar-refractivity contribution in [3.8, 4) is 5.06 Å². The second-order valence-electron chi connectivity index (χ2n) is 2.18. The number of thiophene rings is 1. The summed E-state index contributed by atoms with van der Waals surface area (Å²) in [6.07, 6.45) is 0. The van der Waals surface area contributed by atoms with E-state index in [0.717, 1.165) is 16.9 Å². The van der Waals surface area contributed by atoms with Crippen LogP contribution < -0.4 is 4.74 Å². The Labute approximate surface area is 79.3 Å². The number of aryl methyl sites for hydroxylation is 1. The van der Waals surface area contributed by atoms with E-state index >= 15 is 0 Å². The van der Waals surface area contributed by atoms with Crippen molar-refractivity contribution in [2.45, 2.75) is 11.1 Å². The van der Waals surface area contributed by atoms with E-state index in [1.54, 1.807) is 6.92 Å². The number of hydrogen-bond donors (Lipinski definition) is 0. The van der Waals surface area contributed by atoms with Gasteiger partial charge in [-0.1, -0.05) is 11.3 Å². The third-order valence-corrected chi connectivity index (χ3v) is 4.55. The van der Waals surface area contributed by atoms with Gasteiger partial charge in [-0.05, 0) is 13.0 Å². The molecule has 0 bridgehead atoms. The lowest BCUT2D eigenvalue weighted by Crippen LogP contribution is -1.83. The predicted octanol–water partition coefficient (Wildman–Crippen LogP) is 1.99. The quantitative estimate of drug-likeness (QED) is 0.725. The summed E-state index contributed by atoms with van der Waals surface area (Å²) in [6.45, 7) is 1.76. The summed E-state index contributed by atoms with van der Waals surface area (Å²) >= 11 is 1.02. The lowest BCUT2D eigenvalue weighted by Gasteiger charge is -1.92. The molecule has 0 aliphatic heterocycles. The monoisotopic (exact) mass is 226 g/mol. The smallest absolute Gasteiger partial charge is 0.270 e. The molecular weight excluding hydrogens is 220 g/mol. The second-order valence-corrected chi connectivity index (χ2v) is 5.99. The van der Waals surface area contributed by atoms with E-state index in [0.29, 0.717) is 5.06 Å². The highest BCUT2D eigenvalue weighted by atomic mass is 35.7. The van der Waals surface area contributed by atoms with Crippen molar-refractivity contribution >= 4 is 31.1 Å². The number of ether oxygens (including phenoxy) is 1. The Morgan fingerprint density at radius 1 is 1.58 bits per heavy atom. The molecule has 0 amide bonds. The Morgan fingerprint density at radius 3 is 2.42 bits per heavy atom. The maximum atomic E-state index is 10.8. The molecule has 1 aromatic heterocycles. The van der Waals surface area contributed by atoms with E-state index in [-0.39, 0.29) is 4.21 Å². The molecule has 0 unspecified atom stereocenters. The fraction of sp³-hybridized carbons (Fsp3) is 0.333. The highest BCUT2D eigenvalue weighted by Crippen LogP contribution is 2.33. The number of methoxy groups -OCH3 is 1. The first-order valence-electron chi connectivity index (χ1n) is 3.04. The molecule has 0 aliphatic rings. The zero-order valence-corrected chi connectivity index (χ0v) is 8.89. The molecule has 0 saturated carbocycles. The van der Waals surface area contributed by atoms with Gasteiger partial charge in [-0.25, -0.2) is 8.42 Å². The van der Waals surface area contributed by atoms with E-state index in [9.17, 15) is 8.42 Å². The van der Waals surface area contributed by atoms with E-state index in [4.69, 9.17) is 15.4 Å². The molecule has 0 fully saturated rings. The van der Waals surface area contributed by atoms with Gasteiger partial charge in [-0.3, -0.25) is 0 Å². The van der Waals surface area contributed by atoms with E-state index in [1.807, 2.05) is 0 Å². The van der Waals surface area contributed by atoms with Crippen molar-refractivity contribution in [2.24, 2.45) is 0 Å². The van der Waals surface area contributed by atoms with Crippen LogP contribution in [-0.2, 0) is 9.05 Å². The van der Waals surface area contributed by atoms with Gasteiger partial charge in [0.25, 0.3) is 9.05 Å². The van der Waals surface area contributed by atoms with Crippen molar-refractivity contribution in [2.75, 3.05) is 7.11 Å². The van der Waals surface area contributed by atoms with Gasteiger partial charge in [0.15, 0.2) is 5.06 Å². The van der Waals surface area contributed by atoms with Gasteiger partial charge in [-0.15, -0.1) is 0 Å². The number of halogens is 1. The molecule has 1 rings (SSSR count). The van der Waals surface area contributed by atoms with Crippen LogP contribution in [0.3, 0.4) is 0 Å². The molecule has 6 heteroatoms. The molecule has 0 saturated heterocycles. The second kappa shape index (κ2) is 3.24. The molecule has 0 aromatic carbocycles. The van der Waals surface area contributed by atoms with Crippen molar-refractivity contribution < 1.29 is 13.2 Å². The van der Waals surface area contributed by atoms with Crippen LogP contribution >= 0.6 is 22.0 Å². The Hall–Kier alpha value is -0.260. The average Bonchev–Trinajstić information content (AvgIpc) is 2.29. The minimum Gasteiger partial charge on any atom is -0.487 e. The molecule has 12 heavy (non-hydrogen) atoms. The van der Waals surface area contributed by atoms with Gasteiger partial charge >= 0.3 is 0 Å². The normalized spacial score (nSPS) is 11.6. The summed E-state index contributed by atoms with van der Waals surface area (Å²) in [5.74, 6) is 0. The molecular formula is C6H7ClO3S2. The molecule has 3 nitrogen and oxygen atoms in total.